The van der Waals surface area contributed by atoms with Gasteiger partial charge in [0.25, 0.3) is 0 Å². The van der Waals surface area contributed by atoms with Crippen LogP contribution in [-0.2, 0) is 0 Å². The summed E-state index contributed by atoms with van der Waals surface area (Å²) in [4.78, 5) is 14.0. The van der Waals surface area contributed by atoms with Crippen LogP contribution in [0.2, 0.25) is 0 Å². The van der Waals surface area contributed by atoms with E-state index in [-0.39, 0.29) is 0 Å². The molecule has 1 aromatic heterocycles. The Morgan fingerprint density at radius 1 is 0.750 bits per heavy atom. The van der Waals surface area contributed by atoms with Crippen molar-refractivity contribution >= 4 is 11.6 Å². The van der Waals surface area contributed by atoms with E-state index in [0.717, 1.165) is 11.6 Å². The van der Waals surface area contributed by atoms with E-state index in [1.165, 1.54) is 25.7 Å². The molecule has 0 spiro atoms. The second-order valence-electron chi connectivity index (χ2n) is 6.60. The topological polar surface area (TPSA) is 32.3 Å². The maximum Gasteiger partial charge on any atom is 0.134 e. The molecule has 0 N–H and O–H groups in total. The van der Waals surface area contributed by atoms with E-state index < -0.39 is 0 Å². The van der Waals surface area contributed by atoms with Gasteiger partial charge in [0.2, 0.25) is 0 Å². The predicted molar refractivity (Wildman–Crippen MR) is 83.3 cm³/mol. The lowest BCUT2D eigenvalue weighted by molar-refractivity contribution is 0.667. The van der Waals surface area contributed by atoms with Gasteiger partial charge in [-0.2, -0.15) is 0 Å². The summed E-state index contributed by atoms with van der Waals surface area (Å²) >= 11 is 0. The summed E-state index contributed by atoms with van der Waals surface area (Å²) in [5.74, 6) is 2.19. The SMILES string of the molecule is CC1CCC(C)N1c1cc(N2C(C)CCC2C)ncn1. The number of hydrogen-bond donors (Lipinski definition) is 0. The van der Waals surface area contributed by atoms with Gasteiger partial charge in [-0.3, -0.25) is 0 Å². The summed E-state index contributed by atoms with van der Waals surface area (Å²) in [5.41, 5.74) is 0. The summed E-state index contributed by atoms with van der Waals surface area (Å²) in [7, 11) is 0. The van der Waals surface area contributed by atoms with Crippen molar-refractivity contribution in [2.24, 2.45) is 0 Å². The van der Waals surface area contributed by atoms with Crippen molar-refractivity contribution in [3.63, 3.8) is 0 Å². The molecule has 3 rings (SSSR count). The van der Waals surface area contributed by atoms with Crippen LogP contribution in [0.1, 0.15) is 53.4 Å². The van der Waals surface area contributed by atoms with Gasteiger partial charge in [-0.25, -0.2) is 9.97 Å². The van der Waals surface area contributed by atoms with Gasteiger partial charge in [-0.15, -0.1) is 0 Å². The van der Waals surface area contributed by atoms with Crippen molar-refractivity contribution in [2.75, 3.05) is 9.80 Å². The van der Waals surface area contributed by atoms with E-state index in [2.05, 4.69) is 53.5 Å². The molecular formula is C16H26N4. The minimum atomic E-state index is 0.584. The van der Waals surface area contributed by atoms with Crippen LogP contribution in [0, 0.1) is 0 Å². The smallest absolute Gasteiger partial charge is 0.134 e. The Balaban J connectivity index is 1.90. The summed E-state index contributed by atoms with van der Waals surface area (Å²) in [6.07, 6.45) is 6.78. The zero-order chi connectivity index (χ0) is 14.3. The fraction of sp³-hybridized carbons (Fsp3) is 0.750. The number of hydrogen-bond acceptors (Lipinski definition) is 4. The first-order chi connectivity index (χ1) is 9.58. The zero-order valence-electron chi connectivity index (χ0n) is 13.1. The molecule has 0 aliphatic carbocycles. The van der Waals surface area contributed by atoms with Crippen molar-refractivity contribution in [2.45, 2.75) is 77.5 Å². The third-order valence-electron chi connectivity index (χ3n) is 5.07. The lowest BCUT2D eigenvalue weighted by atomic mass is 10.2. The molecule has 2 saturated heterocycles. The zero-order valence-corrected chi connectivity index (χ0v) is 13.1. The first kappa shape index (κ1) is 13.7. The maximum atomic E-state index is 4.53. The summed E-state index contributed by atoms with van der Waals surface area (Å²) in [5, 5.41) is 0. The summed E-state index contributed by atoms with van der Waals surface area (Å²) in [6.45, 7) is 9.19. The highest BCUT2D eigenvalue weighted by Crippen LogP contribution is 2.33. The van der Waals surface area contributed by atoms with Crippen LogP contribution in [0.25, 0.3) is 0 Å². The Hall–Kier alpha value is -1.32. The molecule has 4 unspecified atom stereocenters. The van der Waals surface area contributed by atoms with E-state index in [1.54, 1.807) is 6.33 Å². The molecule has 3 heterocycles. The van der Waals surface area contributed by atoms with Crippen LogP contribution in [0.5, 0.6) is 0 Å². The fourth-order valence-corrected chi connectivity index (χ4v) is 3.91. The van der Waals surface area contributed by atoms with Gasteiger partial charge in [-0.1, -0.05) is 0 Å². The lowest BCUT2D eigenvalue weighted by Crippen LogP contribution is -2.35. The van der Waals surface area contributed by atoms with Crippen molar-refractivity contribution < 1.29 is 0 Å². The van der Waals surface area contributed by atoms with Crippen LogP contribution < -0.4 is 9.80 Å². The van der Waals surface area contributed by atoms with Crippen molar-refractivity contribution in [1.29, 1.82) is 0 Å². The molecule has 4 atom stereocenters. The molecule has 0 radical (unpaired) electrons. The number of nitrogens with zero attached hydrogens (tertiary/aromatic N) is 4. The van der Waals surface area contributed by atoms with Gasteiger partial charge in [0.15, 0.2) is 0 Å². The molecule has 2 fully saturated rings. The third-order valence-corrected chi connectivity index (χ3v) is 5.07. The summed E-state index contributed by atoms with van der Waals surface area (Å²) < 4.78 is 0. The van der Waals surface area contributed by atoms with Crippen molar-refractivity contribution in [3.8, 4) is 0 Å². The minimum absolute atomic E-state index is 0.584. The number of anilines is 2. The summed E-state index contributed by atoms with van der Waals surface area (Å²) in [6, 6.07) is 4.53. The highest BCUT2D eigenvalue weighted by Gasteiger charge is 2.31. The second-order valence-corrected chi connectivity index (χ2v) is 6.60. The standard InChI is InChI=1S/C16H26N4/c1-11-5-6-12(2)19(11)15-9-16(18-10-17-15)20-13(3)7-8-14(20)4/h9-14H,5-8H2,1-4H3. The Kier molecular flexibility index (Phi) is 3.57. The molecule has 20 heavy (non-hydrogen) atoms. The Labute approximate surface area is 122 Å². The maximum absolute atomic E-state index is 4.53. The van der Waals surface area contributed by atoms with Gasteiger partial charge in [0, 0.05) is 30.2 Å². The van der Waals surface area contributed by atoms with Crippen molar-refractivity contribution in [1.82, 2.24) is 9.97 Å². The van der Waals surface area contributed by atoms with Gasteiger partial charge in [0.05, 0.1) is 0 Å². The first-order valence-corrected chi connectivity index (χ1v) is 7.96. The van der Waals surface area contributed by atoms with E-state index in [0.29, 0.717) is 24.2 Å². The molecule has 2 aliphatic heterocycles. The fourth-order valence-electron chi connectivity index (χ4n) is 3.91. The predicted octanol–water partition coefficient (Wildman–Crippen LogP) is 3.23. The lowest BCUT2D eigenvalue weighted by Gasteiger charge is -2.31. The number of aromatic nitrogens is 2. The molecule has 4 nitrogen and oxygen atoms in total. The average Bonchev–Trinajstić information content (AvgIpc) is 2.93. The van der Waals surface area contributed by atoms with Gasteiger partial charge in [0.1, 0.15) is 18.0 Å². The van der Waals surface area contributed by atoms with Gasteiger partial charge >= 0.3 is 0 Å². The van der Waals surface area contributed by atoms with Crippen LogP contribution >= 0.6 is 0 Å². The molecule has 1 aromatic rings. The quantitative estimate of drug-likeness (QED) is 0.829. The minimum Gasteiger partial charge on any atom is -0.351 e. The third kappa shape index (κ3) is 2.25. The Morgan fingerprint density at radius 3 is 1.45 bits per heavy atom. The highest BCUT2D eigenvalue weighted by molar-refractivity contribution is 5.53. The molecule has 0 amide bonds. The molecule has 110 valence electrons. The van der Waals surface area contributed by atoms with E-state index in [1.807, 2.05) is 0 Å². The second kappa shape index (κ2) is 5.23. The van der Waals surface area contributed by atoms with Crippen molar-refractivity contribution in [3.05, 3.63) is 12.4 Å². The normalized spacial score (nSPS) is 34.0. The van der Waals surface area contributed by atoms with E-state index in [4.69, 9.17) is 0 Å². The number of rotatable bonds is 2. The Bertz CT molecular complexity index is 416. The molecule has 4 heteroatoms. The molecule has 0 bridgehead atoms. The van der Waals surface area contributed by atoms with Gasteiger partial charge < -0.3 is 9.80 Å². The first-order valence-electron chi connectivity index (χ1n) is 7.96. The van der Waals surface area contributed by atoms with Crippen LogP contribution in [0.3, 0.4) is 0 Å². The molecular weight excluding hydrogens is 248 g/mol. The highest BCUT2D eigenvalue weighted by atomic mass is 15.3. The van der Waals surface area contributed by atoms with Gasteiger partial charge in [-0.05, 0) is 53.4 Å². The van der Waals surface area contributed by atoms with Crippen LogP contribution in [0.4, 0.5) is 11.6 Å². The molecule has 2 aliphatic rings. The largest absolute Gasteiger partial charge is 0.351 e. The molecule has 0 saturated carbocycles. The van der Waals surface area contributed by atoms with E-state index in [9.17, 15) is 0 Å². The van der Waals surface area contributed by atoms with Crippen LogP contribution in [-0.4, -0.2) is 34.1 Å². The average molecular weight is 274 g/mol. The van der Waals surface area contributed by atoms with Crippen LogP contribution in [0.15, 0.2) is 12.4 Å². The van der Waals surface area contributed by atoms with E-state index >= 15 is 0 Å². The Morgan fingerprint density at radius 2 is 1.10 bits per heavy atom. The molecule has 0 aromatic carbocycles. The monoisotopic (exact) mass is 274 g/mol.